The Hall–Kier alpha value is 0.210. The largest absolute Gasteiger partial charge is 0.327 e. The normalized spacial score (nSPS) is 42.8. The molecule has 1 saturated carbocycles. The summed E-state index contributed by atoms with van der Waals surface area (Å²) in [6.07, 6.45) is 4.00. The van der Waals surface area contributed by atoms with Gasteiger partial charge >= 0.3 is 0 Å². The number of nitrogens with two attached hydrogens (primary N) is 1. The van der Waals surface area contributed by atoms with Crippen molar-refractivity contribution in [3.8, 4) is 0 Å². The molecule has 2 fully saturated rings. The Labute approximate surface area is 74.3 Å². The lowest BCUT2D eigenvalue weighted by Crippen LogP contribution is -2.41. The van der Waals surface area contributed by atoms with Crippen LogP contribution in [-0.4, -0.2) is 19.1 Å². The first-order chi connectivity index (χ1) is 4.88. The maximum atomic E-state index is 5.95. The molecule has 1 heterocycles. The van der Waals surface area contributed by atoms with Gasteiger partial charge in [0.2, 0.25) is 0 Å². The Morgan fingerprint density at radius 2 is 2.00 bits per heavy atom. The van der Waals surface area contributed by atoms with Crippen LogP contribution in [0.4, 0.5) is 0 Å². The van der Waals surface area contributed by atoms with Crippen molar-refractivity contribution in [2.45, 2.75) is 25.3 Å². The van der Waals surface area contributed by atoms with Gasteiger partial charge in [-0.15, -0.1) is 12.4 Å². The Bertz CT molecular complexity index is 127. The molecule has 1 aliphatic carbocycles. The summed E-state index contributed by atoms with van der Waals surface area (Å²) in [6, 6.07) is 0.498. The summed E-state index contributed by atoms with van der Waals surface area (Å²) < 4.78 is 0. The first-order valence-electron chi connectivity index (χ1n) is 4.34. The van der Waals surface area contributed by atoms with E-state index in [1.807, 2.05) is 0 Å². The van der Waals surface area contributed by atoms with Crippen LogP contribution in [0.1, 0.15) is 19.3 Å². The van der Waals surface area contributed by atoms with E-state index in [9.17, 15) is 0 Å². The maximum absolute atomic E-state index is 5.95. The SMILES string of the molecule is Cl.N[C@@H]1CC[C@@H]2CCNC[C@@H]21. The molecule has 11 heavy (non-hydrogen) atoms. The highest BCUT2D eigenvalue weighted by Crippen LogP contribution is 2.34. The molecule has 3 N–H and O–H groups in total. The zero-order valence-electron chi connectivity index (χ0n) is 6.75. The number of halogens is 1. The van der Waals surface area contributed by atoms with E-state index in [1.165, 1.54) is 32.4 Å². The van der Waals surface area contributed by atoms with Gasteiger partial charge in [-0.3, -0.25) is 0 Å². The fourth-order valence-electron chi connectivity index (χ4n) is 2.42. The van der Waals surface area contributed by atoms with Crippen LogP contribution in [0.2, 0.25) is 0 Å². The molecule has 0 aromatic heterocycles. The Kier molecular flexibility index (Phi) is 3.16. The number of rotatable bonds is 0. The van der Waals surface area contributed by atoms with Crippen molar-refractivity contribution >= 4 is 12.4 Å². The average molecular weight is 177 g/mol. The van der Waals surface area contributed by atoms with Gasteiger partial charge in [-0.25, -0.2) is 0 Å². The fraction of sp³-hybridized carbons (Fsp3) is 1.00. The fourth-order valence-corrected chi connectivity index (χ4v) is 2.42. The van der Waals surface area contributed by atoms with Crippen LogP contribution in [0.5, 0.6) is 0 Å². The minimum Gasteiger partial charge on any atom is -0.327 e. The van der Waals surface area contributed by atoms with E-state index >= 15 is 0 Å². The summed E-state index contributed by atoms with van der Waals surface area (Å²) in [6.45, 7) is 2.39. The quantitative estimate of drug-likeness (QED) is 0.572. The number of nitrogens with one attached hydrogen (secondary N) is 1. The van der Waals surface area contributed by atoms with E-state index in [0.29, 0.717) is 6.04 Å². The second-order valence-electron chi connectivity index (χ2n) is 3.66. The smallest absolute Gasteiger partial charge is 0.00820 e. The molecule has 1 aliphatic heterocycles. The molecule has 3 atom stereocenters. The van der Waals surface area contributed by atoms with Crippen LogP contribution in [0.3, 0.4) is 0 Å². The Balaban J connectivity index is 0.000000605. The summed E-state index contributed by atoms with van der Waals surface area (Å²) in [5, 5.41) is 3.41. The van der Waals surface area contributed by atoms with Crippen LogP contribution in [0.15, 0.2) is 0 Å². The Morgan fingerprint density at radius 1 is 1.18 bits per heavy atom. The molecular weight excluding hydrogens is 160 g/mol. The molecule has 0 aromatic carbocycles. The minimum absolute atomic E-state index is 0. The van der Waals surface area contributed by atoms with Crippen molar-refractivity contribution in [3.05, 3.63) is 0 Å². The van der Waals surface area contributed by atoms with Crippen molar-refractivity contribution in [2.24, 2.45) is 17.6 Å². The zero-order valence-corrected chi connectivity index (χ0v) is 7.57. The molecule has 0 radical (unpaired) electrons. The first kappa shape index (κ1) is 9.30. The highest BCUT2D eigenvalue weighted by molar-refractivity contribution is 5.85. The van der Waals surface area contributed by atoms with Gasteiger partial charge < -0.3 is 11.1 Å². The van der Waals surface area contributed by atoms with Crippen molar-refractivity contribution < 1.29 is 0 Å². The molecule has 0 unspecified atom stereocenters. The molecule has 2 nitrogen and oxygen atoms in total. The van der Waals surface area contributed by atoms with E-state index in [-0.39, 0.29) is 12.4 Å². The van der Waals surface area contributed by atoms with Crippen molar-refractivity contribution in [3.63, 3.8) is 0 Å². The molecule has 0 aromatic rings. The average Bonchev–Trinajstić information content (AvgIpc) is 2.34. The third-order valence-electron chi connectivity index (χ3n) is 3.10. The van der Waals surface area contributed by atoms with Gasteiger partial charge in [0, 0.05) is 6.04 Å². The topological polar surface area (TPSA) is 38.0 Å². The maximum Gasteiger partial charge on any atom is 0.00820 e. The highest BCUT2D eigenvalue weighted by atomic mass is 35.5. The molecule has 0 amide bonds. The van der Waals surface area contributed by atoms with Gasteiger partial charge in [-0.1, -0.05) is 0 Å². The standard InChI is InChI=1S/C8H16N2.ClH/c9-8-2-1-6-3-4-10-5-7(6)8;/h6-8,10H,1-5,9H2;1H/t6-,7+,8-;/m1./s1. The van der Waals surface area contributed by atoms with Gasteiger partial charge in [0.1, 0.15) is 0 Å². The van der Waals surface area contributed by atoms with E-state index in [0.717, 1.165) is 11.8 Å². The van der Waals surface area contributed by atoms with Crippen molar-refractivity contribution in [1.29, 1.82) is 0 Å². The summed E-state index contributed by atoms with van der Waals surface area (Å²) in [5.74, 6) is 1.75. The monoisotopic (exact) mass is 176 g/mol. The van der Waals surface area contributed by atoms with Gasteiger partial charge in [0.05, 0.1) is 0 Å². The predicted octanol–water partition coefficient (Wildman–Crippen LogP) is 0.755. The van der Waals surface area contributed by atoms with Gasteiger partial charge in [0.25, 0.3) is 0 Å². The molecule has 0 spiro atoms. The van der Waals surface area contributed by atoms with Gasteiger partial charge in [0.15, 0.2) is 0 Å². The van der Waals surface area contributed by atoms with Crippen LogP contribution < -0.4 is 11.1 Å². The van der Waals surface area contributed by atoms with Crippen LogP contribution in [0.25, 0.3) is 0 Å². The third-order valence-corrected chi connectivity index (χ3v) is 3.10. The molecule has 2 rings (SSSR count). The van der Waals surface area contributed by atoms with E-state index in [2.05, 4.69) is 5.32 Å². The number of piperidine rings is 1. The second kappa shape index (κ2) is 3.74. The lowest BCUT2D eigenvalue weighted by atomic mass is 9.88. The second-order valence-corrected chi connectivity index (χ2v) is 3.66. The summed E-state index contributed by atoms with van der Waals surface area (Å²) >= 11 is 0. The molecule has 3 heteroatoms. The summed E-state index contributed by atoms with van der Waals surface area (Å²) in [5.41, 5.74) is 5.95. The summed E-state index contributed by atoms with van der Waals surface area (Å²) in [7, 11) is 0. The molecule has 1 saturated heterocycles. The number of hydrogen-bond donors (Lipinski definition) is 2. The van der Waals surface area contributed by atoms with Crippen molar-refractivity contribution in [2.75, 3.05) is 13.1 Å². The third kappa shape index (κ3) is 1.68. The molecule has 0 bridgehead atoms. The number of hydrogen-bond acceptors (Lipinski definition) is 2. The minimum atomic E-state index is 0. The lowest BCUT2D eigenvalue weighted by molar-refractivity contribution is 0.278. The van der Waals surface area contributed by atoms with Gasteiger partial charge in [-0.2, -0.15) is 0 Å². The summed E-state index contributed by atoms with van der Waals surface area (Å²) in [4.78, 5) is 0. The zero-order chi connectivity index (χ0) is 6.97. The first-order valence-corrected chi connectivity index (χ1v) is 4.34. The lowest BCUT2D eigenvalue weighted by Gasteiger charge is -2.28. The van der Waals surface area contributed by atoms with Crippen LogP contribution in [-0.2, 0) is 0 Å². The van der Waals surface area contributed by atoms with Gasteiger partial charge in [-0.05, 0) is 44.2 Å². The van der Waals surface area contributed by atoms with Crippen molar-refractivity contribution in [1.82, 2.24) is 5.32 Å². The molecular formula is C8H17ClN2. The molecule has 66 valence electrons. The Morgan fingerprint density at radius 3 is 2.73 bits per heavy atom. The van der Waals surface area contributed by atoms with E-state index < -0.39 is 0 Å². The highest BCUT2D eigenvalue weighted by Gasteiger charge is 2.34. The van der Waals surface area contributed by atoms with Crippen LogP contribution in [0, 0.1) is 11.8 Å². The number of fused-ring (bicyclic) bond motifs is 1. The molecule has 2 aliphatic rings. The van der Waals surface area contributed by atoms with E-state index in [4.69, 9.17) is 5.73 Å². The van der Waals surface area contributed by atoms with Crippen LogP contribution >= 0.6 is 12.4 Å². The predicted molar refractivity (Wildman–Crippen MR) is 48.9 cm³/mol. The van der Waals surface area contributed by atoms with E-state index in [1.54, 1.807) is 0 Å².